The molecule has 0 aliphatic carbocycles. The topological polar surface area (TPSA) is 111 Å². The van der Waals surface area contributed by atoms with Gasteiger partial charge in [-0.25, -0.2) is 4.79 Å². The molecule has 0 radical (unpaired) electrons. The Kier molecular flexibility index (Phi) is 3.47. The van der Waals surface area contributed by atoms with E-state index in [0.29, 0.717) is 5.16 Å². The number of hydrogen-bond donors (Lipinski definition) is 1. The van der Waals surface area contributed by atoms with Gasteiger partial charge >= 0.3 is 5.97 Å². The molecule has 8 nitrogen and oxygen atoms in total. The maximum atomic E-state index is 11.1. The van der Waals surface area contributed by atoms with Crippen LogP contribution in [0.5, 0.6) is 0 Å². The number of aromatic carboxylic acids is 1. The van der Waals surface area contributed by atoms with Crippen LogP contribution in [0.2, 0.25) is 0 Å². The molecule has 0 fully saturated rings. The van der Waals surface area contributed by atoms with Gasteiger partial charge in [0.1, 0.15) is 6.33 Å². The molecule has 1 N–H and O–H groups in total. The maximum absolute atomic E-state index is 11.1. The van der Waals surface area contributed by atoms with Crippen molar-refractivity contribution >= 4 is 23.4 Å². The third kappa shape index (κ3) is 2.71. The Hall–Kier alpha value is -2.42. The highest BCUT2D eigenvalue weighted by molar-refractivity contribution is 7.99. The summed E-state index contributed by atoms with van der Waals surface area (Å²) in [7, 11) is 1.69. The highest BCUT2D eigenvalue weighted by Gasteiger charge is 2.17. The molecule has 0 saturated carbocycles. The Morgan fingerprint density at radius 3 is 2.79 bits per heavy atom. The number of rotatable bonds is 4. The third-order valence-corrected chi connectivity index (χ3v) is 3.39. The van der Waals surface area contributed by atoms with Gasteiger partial charge in [-0.2, -0.15) is 0 Å². The van der Waals surface area contributed by atoms with Crippen LogP contribution in [0.1, 0.15) is 10.4 Å². The summed E-state index contributed by atoms with van der Waals surface area (Å²) in [5.74, 6) is -1.15. The van der Waals surface area contributed by atoms with Crippen LogP contribution in [0.25, 0.3) is 0 Å². The highest BCUT2D eigenvalue weighted by Crippen LogP contribution is 2.31. The van der Waals surface area contributed by atoms with Crippen molar-refractivity contribution in [1.29, 1.82) is 0 Å². The molecule has 2 aromatic rings. The number of aryl methyl sites for hydroxylation is 1. The maximum Gasteiger partial charge on any atom is 0.336 e. The molecule has 0 spiro atoms. The van der Waals surface area contributed by atoms with Crippen molar-refractivity contribution < 1.29 is 14.8 Å². The van der Waals surface area contributed by atoms with Crippen molar-refractivity contribution in [2.45, 2.75) is 10.1 Å². The van der Waals surface area contributed by atoms with Gasteiger partial charge in [-0.3, -0.25) is 10.1 Å². The first-order valence-corrected chi connectivity index (χ1v) is 5.84. The lowest BCUT2D eigenvalue weighted by Crippen LogP contribution is -2.01. The van der Waals surface area contributed by atoms with Gasteiger partial charge in [-0.15, -0.1) is 10.2 Å². The summed E-state index contributed by atoms with van der Waals surface area (Å²) in [6.07, 6.45) is 1.46. The van der Waals surface area contributed by atoms with Crippen LogP contribution < -0.4 is 0 Å². The van der Waals surface area contributed by atoms with Gasteiger partial charge in [0.05, 0.1) is 10.5 Å². The monoisotopic (exact) mass is 280 g/mol. The number of carboxylic acid groups (broad SMARTS) is 1. The zero-order chi connectivity index (χ0) is 14.0. The van der Waals surface area contributed by atoms with Crippen molar-refractivity contribution in [3.8, 4) is 0 Å². The van der Waals surface area contributed by atoms with Gasteiger partial charge < -0.3 is 9.67 Å². The molecule has 0 bridgehead atoms. The summed E-state index contributed by atoms with van der Waals surface area (Å²) in [5, 5.41) is 27.7. The summed E-state index contributed by atoms with van der Waals surface area (Å²) in [5.41, 5.74) is -0.187. The van der Waals surface area contributed by atoms with E-state index >= 15 is 0 Å². The van der Waals surface area contributed by atoms with Gasteiger partial charge in [0.15, 0.2) is 5.16 Å². The molecule has 2 rings (SSSR count). The van der Waals surface area contributed by atoms with Crippen molar-refractivity contribution in [2.75, 3.05) is 0 Å². The number of carbonyl (C=O) groups is 1. The lowest BCUT2D eigenvalue weighted by atomic mass is 10.2. The van der Waals surface area contributed by atoms with Crippen LogP contribution in [0, 0.1) is 10.1 Å². The standard InChI is InChI=1S/C10H8N4O4S/c1-13-5-11-12-10(13)19-8-4-6(14(17)18)2-3-7(8)9(15)16/h2-5H,1H3,(H,15,16). The van der Waals surface area contributed by atoms with Gasteiger partial charge in [0, 0.05) is 24.1 Å². The van der Waals surface area contributed by atoms with Crippen molar-refractivity contribution in [3.05, 3.63) is 40.2 Å². The minimum Gasteiger partial charge on any atom is -0.478 e. The summed E-state index contributed by atoms with van der Waals surface area (Å²) in [4.78, 5) is 21.5. The molecular weight excluding hydrogens is 272 g/mol. The summed E-state index contributed by atoms with van der Waals surface area (Å²) in [6, 6.07) is 3.58. The molecule has 0 saturated heterocycles. The molecule has 1 aromatic carbocycles. The average molecular weight is 280 g/mol. The predicted molar refractivity (Wildman–Crippen MR) is 65.2 cm³/mol. The number of benzene rings is 1. The highest BCUT2D eigenvalue weighted by atomic mass is 32.2. The molecule has 19 heavy (non-hydrogen) atoms. The van der Waals surface area contributed by atoms with Crippen molar-refractivity contribution in [2.24, 2.45) is 7.05 Å². The molecule has 1 aromatic heterocycles. The van der Waals surface area contributed by atoms with E-state index in [1.54, 1.807) is 11.6 Å². The SMILES string of the molecule is Cn1cnnc1Sc1cc([N+](=O)[O-])ccc1C(=O)O. The number of nitro groups is 1. The Morgan fingerprint density at radius 1 is 1.53 bits per heavy atom. The first-order valence-electron chi connectivity index (χ1n) is 5.02. The Labute approximate surface area is 111 Å². The molecule has 0 aliphatic heterocycles. The van der Waals surface area contributed by atoms with Gasteiger partial charge in [0.2, 0.25) is 0 Å². The van der Waals surface area contributed by atoms with Crippen molar-refractivity contribution in [3.63, 3.8) is 0 Å². The van der Waals surface area contributed by atoms with Crippen LogP contribution in [0.15, 0.2) is 34.6 Å². The second-order valence-corrected chi connectivity index (χ2v) is 4.58. The molecule has 98 valence electrons. The van der Waals surface area contributed by atoms with E-state index in [1.807, 2.05) is 0 Å². The second-order valence-electron chi connectivity index (χ2n) is 3.57. The molecule has 0 atom stereocenters. The molecule has 1 heterocycles. The number of nitrogens with zero attached hydrogens (tertiary/aromatic N) is 4. The average Bonchev–Trinajstić information content (AvgIpc) is 2.74. The Morgan fingerprint density at radius 2 is 2.26 bits per heavy atom. The van der Waals surface area contributed by atoms with E-state index < -0.39 is 10.9 Å². The normalized spacial score (nSPS) is 10.4. The summed E-state index contributed by atoms with van der Waals surface area (Å²) in [6.45, 7) is 0. The summed E-state index contributed by atoms with van der Waals surface area (Å²) >= 11 is 1.01. The van der Waals surface area contributed by atoms with Crippen LogP contribution in [0.4, 0.5) is 5.69 Å². The van der Waals surface area contributed by atoms with Gasteiger partial charge in [-0.1, -0.05) is 0 Å². The summed E-state index contributed by atoms with van der Waals surface area (Å²) < 4.78 is 1.59. The van der Waals surface area contributed by atoms with Crippen LogP contribution in [-0.4, -0.2) is 30.8 Å². The minimum absolute atomic E-state index is 0.0152. The molecule has 0 unspecified atom stereocenters. The van der Waals surface area contributed by atoms with Gasteiger partial charge in [0.25, 0.3) is 5.69 Å². The van der Waals surface area contributed by atoms with Crippen LogP contribution >= 0.6 is 11.8 Å². The van der Waals surface area contributed by atoms with E-state index in [2.05, 4.69) is 10.2 Å². The molecule has 9 heteroatoms. The Balaban J connectivity index is 2.46. The zero-order valence-corrected chi connectivity index (χ0v) is 10.5. The van der Waals surface area contributed by atoms with Crippen molar-refractivity contribution in [1.82, 2.24) is 14.8 Å². The van der Waals surface area contributed by atoms with Crippen LogP contribution in [0.3, 0.4) is 0 Å². The smallest absolute Gasteiger partial charge is 0.336 e. The first-order chi connectivity index (χ1) is 8.99. The van der Waals surface area contributed by atoms with E-state index in [4.69, 9.17) is 5.11 Å². The minimum atomic E-state index is -1.15. The quantitative estimate of drug-likeness (QED) is 0.668. The first kappa shape index (κ1) is 13.0. The molecule has 0 amide bonds. The molecular formula is C10H8N4O4S. The van der Waals surface area contributed by atoms with Crippen LogP contribution in [-0.2, 0) is 7.05 Å². The largest absolute Gasteiger partial charge is 0.478 e. The fourth-order valence-electron chi connectivity index (χ4n) is 1.35. The molecule has 0 aliphatic rings. The number of hydrogen-bond acceptors (Lipinski definition) is 6. The van der Waals surface area contributed by atoms with E-state index in [-0.39, 0.29) is 16.1 Å². The number of aromatic nitrogens is 3. The Bertz CT molecular complexity index is 655. The van der Waals surface area contributed by atoms with Gasteiger partial charge in [-0.05, 0) is 17.8 Å². The lowest BCUT2D eigenvalue weighted by molar-refractivity contribution is -0.385. The predicted octanol–water partition coefficient (Wildman–Crippen LogP) is 1.57. The third-order valence-electron chi connectivity index (χ3n) is 2.28. The number of carboxylic acids is 1. The van der Waals surface area contributed by atoms with E-state index in [9.17, 15) is 14.9 Å². The zero-order valence-electron chi connectivity index (χ0n) is 9.68. The fourth-order valence-corrected chi connectivity index (χ4v) is 2.27. The van der Waals surface area contributed by atoms with E-state index in [0.717, 1.165) is 17.8 Å². The number of non-ortho nitro benzene ring substituents is 1. The van der Waals surface area contributed by atoms with E-state index in [1.165, 1.54) is 18.5 Å². The second kappa shape index (κ2) is 5.06. The fraction of sp³-hybridized carbons (Fsp3) is 0.100. The lowest BCUT2D eigenvalue weighted by Gasteiger charge is -2.04. The number of nitro benzene ring substituents is 1.